The summed E-state index contributed by atoms with van der Waals surface area (Å²) in [6.45, 7) is 3.29. The fraction of sp³-hybridized carbons (Fsp3) is 0.368. The Kier molecular flexibility index (Phi) is 6.41. The van der Waals surface area contributed by atoms with Crippen LogP contribution in [0.1, 0.15) is 26.0 Å². The third-order valence-corrected chi connectivity index (χ3v) is 5.88. The second-order valence-electron chi connectivity index (χ2n) is 6.74. The number of carbonyl (C=O) groups is 1. The Morgan fingerprint density at radius 2 is 2.06 bits per heavy atom. The van der Waals surface area contributed by atoms with Gasteiger partial charge in [-0.1, -0.05) is 13.3 Å². The van der Waals surface area contributed by atoms with Gasteiger partial charge in [-0.3, -0.25) is 14.3 Å². The molecule has 0 aliphatic heterocycles. The first-order valence-electron chi connectivity index (χ1n) is 9.62. The summed E-state index contributed by atoms with van der Waals surface area (Å²) in [7, 11) is -2.45. The number of aromatic nitrogens is 4. The number of aromatic amines is 1. The largest absolute Gasteiger partial charge is 0.493 e. The van der Waals surface area contributed by atoms with Crippen molar-refractivity contribution in [1.29, 1.82) is 0 Å². The SMILES string of the molecule is CCCc1nn(C)c2c(=O)[nH]c(-c3cc(S(=O)(=O)NCC(=O)O)ccc3OCC)nc12. The van der Waals surface area contributed by atoms with Crippen molar-refractivity contribution in [2.75, 3.05) is 13.2 Å². The lowest BCUT2D eigenvalue weighted by atomic mass is 10.1. The van der Waals surface area contributed by atoms with Gasteiger partial charge in [0.1, 0.15) is 23.6 Å². The summed E-state index contributed by atoms with van der Waals surface area (Å²) in [6.07, 6.45) is 1.43. The second-order valence-corrected chi connectivity index (χ2v) is 8.51. The van der Waals surface area contributed by atoms with Crippen molar-refractivity contribution in [3.8, 4) is 17.1 Å². The van der Waals surface area contributed by atoms with Crippen LogP contribution in [0.5, 0.6) is 5.75 Å². The Morgan fingerprint density at radius 1 is 1.32 bits per heavy atom. The molecule has 11 nitrogen and oxygen atoms in total. The van der Waals surface area contributed by atoms with Crippen LogP contribution >= 0.6 is 0 Å². The number of H-pyrrole nitrogens is 1. The molecular weight excluding hydrogens is 426 g/mol. The van der Waals surface area contributed by atoms with Crippen LogP contribution in [-0.4, -0.2) is 52.4 Å². The van der Waals surface area contributed by atoms with Gasteiger partial charge in [0.25, 0.3) is 5.56 Å². The van der Waals surface area contributed by atoms with Crippen LogP contribution in [0.2, 0.25) is 0 Å². The summed E-state index contributed by atoms with van der Waals surface area (Å²) in [5.41, 5.74) is 1.25. The number of hydrogen-bond acceptors (Lipinski definition) is 7. The number of rotatable bonds is 9. The number of aliphatic carboxylic acids is 1. The molecule has 2 heterocycles. The molecule has 0 fully saturated rings. The van der Waals surface area contributed by atoms with E-state index in [-0.39, 0.29) is 16.3 Å². The number of hydrogen-bond donors (Lipinski definition) is 3. The first-order valence-corrected chi connectivity index (χ1v) is 11.1. The van der Waals surface area contributed by atoms with E-state index in [4.69, 9.17) is 9.84 Å². The lowest BCUT2D eigenvalue weighted by Gasteiger charge is -2.12. The van der Waals surface area contributed by atoms with Gasteiger partial charge in [0.05, 0.1) is 22.8 Å². The average Bonchev–Trinajstić information content (AvgIpc) is 3.03. The highest BCUT2D eigenvalue weighted by Crippen LogP contribution is 2.31. The minimum Gasteiger partial charge on any atom is -0.493 e. The summed E-state index contributed by atoms with van der Waals surface area (Å²) >= 11 is 0. The molecule has 31 heavy (non-hydrogen) atoms. The molecule has 2 aromatic heterocycles. The third kappa shape index (κ3) is 4.59. The van der Waals surface area contributed by atoms with E-state index in [1.54, 1.807) is 14.0 Å². The van der Waals surface area contributed by atoms with Crippen molar-refractivity contribution in [2.24, 2.45) is 7.05 Å². The number of fused-ring (bicyclic) bond motifs is 1. The first-order chi connectivity index (χ1) is 14.7. The summed E-state index contributed by atoms with van der Waals surface area (Å²) < 4.78 is 34.1. The Balaban J connectivity index is 2.20. The van der Waals surface area contributed by atoms with Crippen LogP contribution in [-0.2, 0) is 28.3 Å². The van der Waals surface area contributed by atoms with Crippen LogP contribution in [0.25, 0.3) is 22.4 Å². The van der Waals surface area contributed by atoms with E-state index in [2.05, 4.69) is 15.1 Å². The monoisotopic (exact) mass is 449 g/mol. The molecule has 166 valence electrons. The maximum atomic E-state index is 12.7. The molecule has 0 bridgehead atoms. The van der Waals surface area contributed by atoms with Crippen LogP contribution in [0, 0.1) is 0 Å². The number of nitrogens with one attached hydrogen (secondary N) is 2. The topological polar surface area (TPSA) is 156 Å². The van der Waals surface area contributed by atoms with Crippen molar-refractivity contribution in [1.82, 2.24) is 24.5 Å². The highest BCUT2D eigenvalue weighted by Gasteiger charge is 2.21. The van der Waals surface area contributed by atoms with Gasteiger partial charge >= 0.3 is 5.97 Å². The molecule has 0 atom stereocenters. The van der Waals surface area contributed by atoms with Gasteiger partial charge in [0, 0.05) is 7.05 Å². The van der Waals surface area contributed by atoms with Crippen molar-refractivity contribution < 1.29 is 23.1 Å². The highest BCUT2D eigenvalue weighted by molar-refractivity contribution is 7.89. The summed E-state index contributed by atoms with van der Waals surface area (Å²) in [5.74, 6) is -0.865. The first kappa shape index (κ1) is 22.4. The Labute approximate surface area is 178 Å². The van der Waals surface area contributed by atoms with Gasteiger partial charge in [-0.2, -0.15) is 9.82 Å². The van der Waals surface area contributed by atoms with Gasteiger partial charge < -0.3 is 14.8 Å². The van der Waals surface area contributed by atoms with Crippen LogP contribution in [0.4, 0.5) is 0 Å². The molecule has 0 radical (unpaired) electrons. The van der Waals surface area contributed by atoms with E-state index in [1.807, 2.05) is 11.6 Å². The lowest BCUT2D eigenvalue weighted by molar-refractivity contribution is -0.135. The quantitative estimate of drug-likeness (QED) is 0.437. The minimum absolute atomic E-state index is 0.126. The van der Waals surface area contributed by atoms with Gasteiger partial charge in [0.2, 0.25) is 10.0 Å². The second kappa shape index (κ2) is 8.86. The van der Waals surface area contributed by atoms with E-state index in [0.717, 1.165) is 6.42 Å². The molecule has 3 N–H and O–H groups in total. The molecule has 0 aliphatic carbocycles. The predicted octanol–water partition coefficient (Wildman–Crippen LogP) is 1.04. The van der Waals surface area contributed by atoms with E-state index >= 15 is 0 Å². The maximum Gasteiger partial charge on any atom is 0.318 e. The van der Waals surface area contributed by atoms with Gasteiger partial charge in [-0.25, -0.2) is 13.4 Å². The number of ether oxygens (including phenoxy) is 1. The Morgan fingerprint density at radius 3 is 2.71 bits per heavy atom. The molecule has 0 amide bonds. The number of sulfonamides is 1. The summed E-state index contributed by atoms with van der Waals surface area (Å²) in [5, 5.41) is 13.1. The smallest absolute Gasteiger partial charge is 0.318 e. The molecule has 0 saturated heterocycles. The zero-order valence-corrected chi connectivity index (χ0v) is 18.1. The normalized spacial score (nSPS) is 11.7. The van der Waals surface area contributed by atoms with Gasteiger partial charge in [-0.15, -0.1) is 0 Å². The zero-order chi connectivity index (χ0) is 22.8. The average molecular weight is 449 g/mol. The molecule has 0 spiro atoms. The molecule has 1 aromatic carbocycles. The van der Waals surface area contributed by atoms with Crippen molar-refractivity contribution in [2.45, 2.75) is 31.6 Å². The molecule has 12 heteroatoms. The van der Waals surface area contributed by atoms with Gasteiger partial charge in [-0.05, 0) is 31.5 Å². The van der Waals surface area contributed by atoms with E-state index in [9.17, 15) is 18.0 Å². The number of carboxylic acids is 1. The Hall–Kier alpha value is -3.25. The third-order valence-electron chi connectivity index (χ3n) is 4.48. The van der Waals surface area contributed by atoms with Crippen molar-refractivity contribution in [3.63, 3.8) is 0 Å². The van der Waals surface area contributed by atoms with Crippen LogP contribution in [0.15, 0.2) is 27.9 Å². The van der Waals surface area contributed by atoms with E-state index in [0.29, 0.717) is 35.5 Å². The molecule has 0 unspecified atom stereocenters. The van der Waals surface area contributed by atoms with E-state index < -0.39 is 28.1 Å². The van der Waals surface area contributed by atoms with Crippen molar-refractivity contribution in [3.05, 3.63) is 34.2 Å². The lowest BCUT2D eigenvalue weighted by Crippen LogP contribution is -2.29. The highest BCUT2D eigenvalue weighted by atomic mass is 32.2. The molecule has 3 rings (SSSR count). The van der Waals surface area contributed by atoms with Crippen LogP contribution < -0.4 is 15.0 Å². The number of aryl methyl sites for hydroxylation is 2. The van der Waals surface area contributed by atoms with Gasteiger partial charge in [0.15, 0.2) is 5.52 Å². The van der Waals surface area contributed by atoms with E-state index in [1.165, 1.54) is 22.9 Å². The minimum atomic E-state index is -4.11. The Bertz CT molecular complexity index is 1300. The van der Waals surface area contributed by atoms with Crippen LogP contribution in [0.3, 0.4) is 0 Å². The summed E-state index contributed by atoms with van der Waals surface area (Å²) in [4.78, 5) is 30.5. The fourth-order valence-electron chi connectivity index (χ4n) is 3.16. The summed E-state index contributed by atoms with van der Waals surface area (Å²) in [6, 6.07) is 4.02. The maximum absolute atomic E-state index is 12.7. The zero-order valence-electron chi connectivity index (χ0n) is 17.3. The molecular formula is C19H23N5O6S. The fourth-order valence-corrected chi connectivity index (χ4v) is 4.16. The standard InChI is InChI=1S/C19H23N5O6S/c1-4-6-13-16-17(24(3)23-13)19(27)22-18(21-16)12-9-11(7-8-14(12)30-5-2)31(28,29)20-10-15(25)26/h7-9,20H,4-6,10H2,1-3H3,(H,25,26)(H,21,22,27). The molecule has 3 aromatic rings. The van der Waals surface area contributed by atoms with Crippen molar-refractivity contribution >= 4 is 27.0 Å². The molecule has 0 saturated carbocycles. The number of carboxylic acid groups (broad SMARTS) is 1. The number of nitrogens with zero attached hydrogens (tertiary/aromatic N) is 3. The molecule has 0 aliphatic rings. The number of benzene rings is 1. The predicted molar refractivity (Wildman–Crippen MR) is 113 cm³/mol.